The molecule has 0 aliphatic rings. The summed E-state index contributed by atoms with van der Waals surface area (Å²) in [4.78, 5) is 11.1. The van der Waals surface area contributed by atoms with Gasteiger partial charge in [0.1, 0.15) is 5.75 Å². The van der Waals surface area contributed by atoms with E-state index in [2.05, 4.69) is 9.46 Å². The van der Waals surface area contributed by atoms with Crippen molar-refractivity contribution < 1.29 is 22.7 Å². The third-order valence-corrected chi connectivity index (χ3v) is 4.39. The molecule has 7 heteroatoms. The zero-order valence-corrected chi connectivity index (χ0v) is 13.1. The number of carbonyl (C=O) groups is 1. The molecule has 6 nitrogen and oxygen atoms in total. The van der Waals surface area contributed by atoms with Crippen molar-refractivity contribution in [3.63, 3.8) is 0 Å². The first-order valence-corrected chi connectivity index (χ1v) is 8.18. The lowest BCUT2D eigenvalue weighted by Gasteiger charge is -2.08. The minimum atomic E-state index is -3.52. The Morgan fingerprint density at radius 2 is 1.95 bits per heavy atom. The van der Waals surface area contributed by atoms with Crippen molar-refractivity contribution in [1.82, 2.24) is 4.72 Å². The lowest BCUT2D eigenvalue weighted by Crippen LogP contribution is -2.24. The first kappa shape index (κ1) is 17.5. The summed E-state index contributed by atoms with van der Waals surface area (Å²) in [5, 5.41) is 0. The molecule has 0 aliphatic carbocycles. The van der Waals surface area contributed by atoms with Crippen molar-refractivity contribution in [1.29, 1.82) is 0 Å². The Morgan fingerprint density at radius 1 is 1.19 bits per heavy atom. The second-order valence-corrected chi connectivity index (χ2v) is 6.23. The van der Waals surface area contributed by atoms with Gasteiger partial charge in [0.25, 0.3) is 0 Å². The predicted molar refractivity (Wildman–Crippen MR) is 78.7 cm³/mol. The highest BCUT2D eigenvalue weighted by atomic mass is 32.2. The maximum Gasteiger partial charge on any atom is 0.305 e. The van der Waals surface area contributed by atoms with Crippen LogP contribution in [-0.2, 0) is 19.6 Å². The van der Waals surface area contributed by atoms with Gasteiger partial charge in [0, 0.05) is 19.0 Å². The molecule has 1 aromatic rings. The van der Waals surface area contributed by atoms with E-state index >= 15 is 0 Å². The smallest absolute Gasteiger partial charge is 0.305 e. The number of methoxy groups -OCH3 is 2. The summed E-state index contributed by atoms with van der Waals surface area (Å²) in [5.74, 6) is 0.253. The van der Waals surface area contributed by atoms with Gasteiger partial charge < -0.3 is 9.47 Å². The zero-order valence-electron chi connectivity index (χ0n) is 12.3. The monoisotopic (exact) mass is 315 g/mol. The molecule has 0 amide bonds. The van der Waals surface area contributed by atoms with Crippen LogP contribution in [0.4, 0.5) is 0 Å². The van der Waals surface area contributed by atoms with E-state index in [4.69, 9.17) is 4.74 Å². The van der Waals surface area contributed by atoms with Crippen LogP contribution in [0.25, 0.3) is 0 Å². The number of carbonyl (C=O) groups excluding carboxylic acids is 1. The van der Waals surface area contributed by atoms with E-state index in [0.29, 0.717) is 31.6 Å². The highest BCUT2D eigenvalue weighted by Gasteiger charge is 2.13. The molecular weight excluding hydrogens is 294 g/mol. The molecule has 0 atom stereocenters. The number of unbranched alkanes of at least 4 members (excludes halogenated alkanes) is 2. The topological polar surface area (TPSA) is 81.7 Å². The summed E-state index contributed by atoms with van der Waals surface area (Å²) in [6, 6.07) is 6.30. The molecule has 1 rings (SSSR count). The Morgan fingerprint density at radius 3 is 2.62 bits per heavy atom. The van der Waals surface area contributed by atoms with Crippen molar-refractivity contribution in [3.8, 4) is 5.75 Å². The molecule has 1 N–H and O–H groups in total. The summed E-state index contributed by atoms with van der Waals surface area (Å²) < 4.78 is 36.2. The Hall–Kier alpha value is -1.60. The van der Waals surface area contributed by atoms with Gasteiger partial charge in [-0.15, -0.1) is 0 Å². The minimum Gasteiger partial charge on any atom is -0.497 e. The van der Waals surface area contributed by atoms with Gasteiger partial charge in [-0.25, -0.2) is 13.1 Å². The standard InChI is InChI=1S/C14H21NO5S/c1-19-12-7-6-8-13(11-12)21(17,18)15-10-5-3-4-9-14(16)20-2/h6-8,11,15H,3-5,9-10H2,1-2H3. The van der Waals surface area contributed by atoms with Crippen LogP contribution < -0.4 is 9.46 Å². The van der Waals surface area contributed by atoms with Gasteiger partial charge in [-0.3, -0.25) is 4.79 Å². The van der Waals surface area contributed by atoms with E-state index < -0.39 is 10.0 Å². The van der Waals surface area contributed by atoms with Crippen molar-refractivity contribution in [2.75, 3.05) is 20.8 Å². The Labute approximate surface area is 125 Å². The average molecular weight is 315 g/mol. The second-order valence-electron chi connectivity index (χ2n) is 4.46. The van der Waals surface area contributed by atoms with Gasteiger partial charge >= 0.3 is 5.97 Å². The number of nitrogens with one attached hydrogen (secondary N) is 1. The number of benzene rings is 1. The van der Waals surface area contributed by atoms with Crippen LogP contribution >= 0.6 is 0 Å². The van der Waals surface area contributed by atoms with Crippen LogP contribution in [0.1, 0.15) is 25.7 Å². The molecule has 0 radical (unpaired) electrons. The number of esters is 1. The van der Waals surface area contributed by atoms with Crippen LogP contribution in [0.3, 0.4) is 0 Å². The molecule has 0 spiro atoms. The van der Waals surface area contributed by atoms with E-state index in [1.807, 2.05) is 0 Å². The third-order valence-electron chi connectivity index (χ3n) is 2.93. The van der Waals surface area contributed by atoms with Gasteiger partial charge in [-0.2, -0.15) is 0 Å². The van der Waals surface area contributed by atoms with Gasteiger partial charge in [-0.05, 0) is 25.0 Å². The number of hydrogen-bond donors (Lipinski definition) is 1. The molecule has 0 aromatic heterocycles. The molecule has 0 bridgehead atoms. The summed E-state index contributed by atoms with van der Waals surface area (Å²) >= 11 is 0. The maximum absolute atomic E-state index is 12.0. The SMILES string of the molecule is COC(=O)CCCCCNS(=O)(=O)c1cccc(OC)c1. The van der Waals surface area contributed by atoms with E-state index in [-0.39, 0.29) is 10.9 Å². The molecule has 1 aromatic carbocycles. The lowest BCUT2D eigenvalue weighted by molar-refractivity contribution is -0.140. The van der Waals surface area contributed by atoms with Gasteiger partial charge in [-0.1, -0.05) is 12.5 Å². The molecular formula is C14H21NO5S. The van der Waals surface area contributed by atoms with Crippen LogP contribution in [-0.4, -0.2) is 35.2 Å². The van der Waals surface area contributed by atoms with Crippen molar-refractivity contribution in [2.24, 2.45) is 0 Å². The van der Waals surface area contributed by atoms with E-state index in [1.54, 1.807) is 12.1 Å². The fourth-order valence-electron chi connectivity index (χ4n) is 1.73. The maximum atomic E-state index is 12.0. The van der Waals surface area contributed by atoms with Crippen LogP contribution in [0.15, 0.2) is 29.2 Å². The molecule has 0 aliphatic heterocycles. The Kier molecular flexibility index (Phi) is 7.18. The fraction of sp³-hybridized carbons (Fsp3) is 0.500. The van der Waals surface area contributed by atoms with E-state index in [0.717, 1.165) is 6.42 Å². The Balaban J connectivity index is 2.38. The number of ether oxygens (including phenoxy) is 2. The zero-order chi connectivity index (χ0) is 15.7. The first-order chi connectivity index (χ1) is 9.99. The van der Waals surface area contributed by atoms with Crippen molar-refractivity contribution >= 4 is 16.0 Å². The summed E-state index contributed by atoms with van der Waals surface area (Å²) in [7, 11) is -0.684. The van der Waals surface area contributed by atoms with Gasteiger partial charge in [0.15, 0.2) is 0 Å². The van der Waals surface area contributed by atoms with E-state index in [1.165, 1.54) is 26.4 Å². The van der Waals surface area contributed by atoms with Crippen LogP contribution in [0.5, 0.6) is 5.75 Å². The van der Waals surface area contributed by atoms with Gasteiger partial charge in [0.2, 0.25) is 10.0 Å². The average Bonchev–Trinajstić information content (AvgIpc) is 2.50. The number of sulfonamides is 1. The lowest BCUT2D eigenvalue weighted by atomic mass is 10.2. The van der Waals surface area contributed by atoms with Gasteiger partial charge in [0.05, 0.1) is 19.1 Å². The normalized spacial score (nSPS) is 11.1. The number of hydrogen-bond acceptors (Lipinski definition) is 5. The molecule has 21 heavy (non-hydrogen) atoms. The number of rotatable bonds is 9. The first-order valence-electron chi connectivity index (χ1n) is 6.70. The quantitative estimate of drug-likeness (QED) is 0.554. The summed E-state index contributed by atoms with van der Waals surface area (Å²) in [6.07, 6.45) is 2.47. The predicted octanol–water partition coefficient (Wildman–Crippen LogP) is 1.71. The molecule has 0 heterocycles. The molecule has 118 valence electrons. The largest absolute Gasteiger partial charge is 0.497 e. The molecule has 0 fully saturated rings. The minimum absolute atomic E-state index is 0.177. The van der Waals surface area contributed by atoms with Crippen LogP contribution in [0, 0.1) is 0 Å². The summed E-state index contributed by atoms with van der Waals surface area (Å²) in [5.41, 5.74) is 0. The molecule has 0 saturated heterocycles. The highest BCUT2D eigenvalue weighted by molar-refractivity contribution is 7.89. The van der Waals surface area contributed by atoms with Crippen LogP contribution in [0.2, 0.25) is 0 Å². The van der Waals surface area contributed by atoms with Crippen molar-refractivity contribution in [3.05, 3.63) is 24.3 Å². The highest BCUT2D eigenvalue weighted by Crippen LogP contribution is 2.16. The molecule has 0 saturated carbocycles. The summed E-state index contributed by atoms with van der Waals surface area (Å²) in [6.45, 7) is 0.334. The second kappa shape index (κ2) is 8.63. The molecule has 0 unspecified atom stereocenters. The Bertz CT molecular complexity index is 556. The van der Waals surface area contributed by atoms with Crippen molar-refractivity contribution in [2.45, 2.75) is 30.6 Å². The fourth-order valence-corrected chi connectivity index (χ4v) is 2.84. The van der Waals surface area contributed by atoms with E-state index in [9.17, 15) is 13.2 Å². The third kappa shape index (κ3) is 6.14.